The zero-order valence-corrected chi connectivity index (χ0v) is 8.09. The van der Waals surface area contributed by atoms with Crippen LogP contribution in [0.1, 0.15) is 34.1 Å². The first-order valence-corrected chi connectivity index (χ1v) is 4.52. The highest BCUT2D eigenvalue weighted by atomic mass is 16.5. The largest absolute Gasteiger partial charge is 0.379 e. The zero-order valence-electron chi connectivity index (χ0n) is 8.09. The molecule has 1 rings (SSSR count). The molecule has 1 atom stereocenters. The zero-order chi connectivity index (χ0) is 8.69. The molecule has 1 unspecified atom stereocenters. The Morgan fingerprint density at radius 2 is 2.00 bits per heavy atom. The van der Waals surface area contributed by atoms with Crippen molar-refractivity contribution in [1.29, 1.82) is 0 Å². The first kappa shape index (κ1) is 10.9. The van der Waals surface area contributed by atoms with Gasteiger partial charge in [-0.2, -0.15) is 0 Å². The Morgan fingerprint density at radius 1 is 1.36 bits per heavy atom. The number of ether oxygens (including phenoxy) is 2. The molecule has 0 spiro atoms. The molecule has 0 aromatic carbocycles. The van der Waals surface area contributed by atoms with Crippen LogP contribution in [0.25, 0.3) is 0 Å². The van der Waals surface area contributed by atoms with Gasteiger partial charge in [-0.25, -0.2) is 0 Å². The molecule has 68 valence electrons. The SMILES string of the molecule is CC.CC(C)OC1CCOC1. The maximum absolute atomic E-state index is 5.49. The Labute approximate surface area is 69.9 Å². The van der Waals surface area contributed by atoms with Gasteiger partial charge in [0, 0.05) is 6.61 Å². The molecular formula is C9H20O2. The van der Waals surface area contributed by atoms with Gasteiger partial charge in [0.25, 0.3) is 0 Å². The van der Waals surface area contributed by atoms with Gasteiger partial charge >= 0.3 is 0 Å². The molecule has 0 N–H and O–H groups in total. The highest BCUT2D eigenvalue weighted by molar-refractivity contribution is 4.63. The molecule has 0 saturated carbocycles. The Bertz CT molecular complexity index is 75.6. The van der Waals surface area contributed by atoms with Crippen molar-refractivity contribution in [2.45, 2.75) is 46.3 Å². The van der Waals surface area contributed by atoms with Crippen molar-refractivity contribution in [1.82, 2.24) is 0 Å². The van der Waals surface area contributed by atoms with Crippen molar-refractivity contribution in [2.75, 3.05) is 13.2 Å². The Morgan fingerprint density at radius 3 is 2.36 bits per heavy atom. The van der Waals surface area contributed by atoms with Gasteiger partial charge in [0.2, 0.25) is 0 Å². The van der Waals surface area contributed by atoms with Crippen LogP contribution >= 0.6 is 0 Å². The summed E-state index contributed by atoms with van der Waals surface area (Å²) in [5.74, 6) is 0. The number of hydrogen-bond donors (Lipinski definition) is 0. The van der Waals surface area contributed by atoms with Crippen molar-refractivity contribution < 1.29 is 9.47 Å². The summed E-state index contributed by atoms with van der Waals surface area (Å²) in [7, 11) is 0. The van der Waals surface area contributed by atoms with Gasteiger partial charge in [-0.1, -0.05) is 13.8 Å². The third-order valence-electron chi connectivity index (χ3n) is 1.35. The smallest absolute Gasteiger partial charge is 0.0833 e. The molecule has 2 nitrogen and oxygen atoms in total. The predicted molar refractivity (Wildman–Crippen MR) is 46.8 cm³/mol. The fourth-order valence-corrected chi connectivity index (χ4v) is 1.01. The van der Waals surface area contributed by atoms with Gasteiger partial charge in [-0.15, -0.1) is 0 Å². The van der Waals surface area contributed by atoms with E-state index >= 15 is 0 Å². The molecule has 11 heavy (non-hydrogen) atoms. The van der Waals surface area contributed by atoms with Crippen LogP contribution in [0.2, 0.25) is 0 Å². The molecule has 2 heteroatoms. The fraction of sp³-hybridized carbons (Fsp3) is 1.00. The summed E-state index contributed by atoms with van der Waals surface area (Å²) < 4.78 is 10.6. The molecule has 1 heterocycles. The standard InChI is InChI=1S/C7H14O2.C2H6/c1-6(2)9-7-3-4-8-5-7;1-2/h6-7H,3-5H2,1-2H3;1-2H3. The van der Waals surface area contributed by atoms with E-state index in [1.807, 2.05) is 13.8 Å². The first-order valence-electron chi connectivity index (χ1n) is 4.52. The Balaban J connectivity index is 0.000000461. The van der Waals surface area contributed by atoms with Crippen LogP contribution in [-0.4, -0.2) is 25.4 Å². The number of hydrogen-bond acceptors (Lipinski definition) is 2. The van der Waals surface area contributed by atoms with Crippen LogP contribution < -0.4 is 0 Å². The first-order chi connectivity index (χ1) is 5.29. The molecule has 0 radical (unpaired) electrons. The normalized spacial score (nSPS) is 23.2. The minimum Gasteiger partial charge on any atom is -0.379 e. The van der Waals surface area contributed by atoms with E-state index < -0.39 is 0 Å². The highest BCUT2D eigenvalue weighted by Crippen LogP contribution is 2.09. The lowest BCUT2D eigenvalue weighted by Gasteiger charge is -2.12. The van der Waals surface area contributed by atoms with E-state index in [2.05, 4.69) is 13.8 Å². The van der Waals surface area contributed by atoms with E-state index in [1.54, 1.807) is 0 Å². The summed E-state index contributed by atoms with van der Waals surface area (Å²) in [6.07, 6.45) is 1.78. The molecular weight excluding hydrogens is 140 g/mol. The third-order valence-corrected chi connectivity index (χ3v) is 1.35. The average Bonchev–Trinajstić information content (AvgIpc) is 2.43. The molecule has 1 aliphatic rings. The van der Waals surface area contributed by atoms with Crippen molar-refractivity contribution in [2.24, 2.45) is 0 Å². The third kappa shape index (κ3) is 5.22. The summed E-state index contributed by atoms with van der Waals surface area (Å²) in [5, 5.41) is 0. The summed E-state index contributed by atoms with van der Waals surface area (Å²) in [6, 6.07) is 0. The molecule has 1 fully saturated rings. The highest BCUT2D eigenvalue weighted by Gasteiger charge is 2.16. The maximum Gasteiger partial charge on any atom is 0.0833 e. The van der Waals surface area contributed by atoms with Crippen molar-refractivity contribution in [3.8, 4) is 0 Å². The molecule has 1 saturated heterocycles. The van der Waals surface area contributed by atoms with E-state index in [9.17, 15) is 0 Å². The monoisotopic (exact) mass is 160 g/mol. The van der Waals surface area contributed by atoms with E-state index in [-0.39, 0.29) is 0 Å². The van der Waals surface area contributed by atoms with Crippen LogP contribution in [0.3, 0.4) is 0 Å². The topological polar surface area (TPSA) is 18.5 Å². The quantitative estimate of drug-likeness (QED) is 0.616. The molecule has 0 aromatic heterocycles. The van der Waals surface area contributed by atoms with E-state index in [0.29, 0.717) is 12.2 Å². The Kier molecular flexibility index (Phi) is 6.57. The molecule has 0 aliphatic carbocycles. The van der Waals surface area contributed by atoms with E-state index in [1.165, 1.54) is 0 Å². The van der Waals surface area contributed by atoms with Gasteiger partial charge in [-0.3, -0.25) is 0 Å². The van der Waals surface area contributed by atoms with Crippen LogP contribution in [0, 0.1) is 0 Å². The van der Waals surface area contributed by atoms with Gasteiger partial charge in [0.1, 0.15) is 0 Å². The lowest BCUT2D eigenvalue weighted by atomic mass is 10.3. The molecule has 0 amide bonds. The van der Waals surface area contributed by atoms with Crippen molar-refractivity contribution in [3.05, 3.63) is 0 Å². The maximum atomic E-state index is 5.49. The fourth-order valence-electron chi connectivity index (χ4n) is 1.01. The number of rotatable bonds is 2. The second-order valence-corrected chi connectivity index (χ2v) is 2.67. The van der Waals surface area contributed by atoms with Crippen molar-refractivity contribution >= 4 is 0 Å². The van der Waals surface area contributed by atoms with Crippen LogP contribution in [0.15, 0.2) is 0 Å². The van der Waals surface area contributed by atoms with Gasteiger partial charge in [-0.05, 0) is 20.3 Å². The molecule has 0 aromatic rings. The second kappa shape index (κ2) is 6.62. The average molecular weight is 160 g/mol. The van der Waals surface area contributed by atoms with Gasteiger partial charge < -0.3 is 9.47 Å². The van der Waals surface area contributed by atoms with Gasteiger partial charge in [0.05, 0.1) is 18.8 Å². The van der Waals surface area contributed by atoms with Crippen molar-refractivity contribution in [3.63, 3.8) is 0 Å². The lowest BCUT2D eigenvalue weighted by Crippen LogP contribution is -2.17. The van der Waals surface area contributed by atoms with E-state index in [0.717, 1.165) is 19.6 Å². The van der Waals surface area contributed by atoms with E-state index in [4.69, 9.17) is 9.47 Å². The van der Waals surface area contributed by atoms with Gasteiger partial charge in [0.15, 0.2) is 0 Å². The molecule has 0 bridgehead atoms. The second-order valence-electron chi connectivity index (χ2n) is 2.67. The lowest BCUT2D eigenvalue weighted by molar-refractivity contribution is 0.00285. The molecule has 1 aliphatic heterocycles. The van der Waals surface area contributed by atoms with Crippen LogP contribution in [-0.2, 0) is 9.47 Å². The summed E-state index contributed by atoms with van der Waals surface area (Å²) in [4.78, 5) is 0. The summed E-state index contributed by atoms with van der Waals surface area (Å²) in [5.41, 5.74) is 0. The van der Waals surface area contributed by atoms with Crippen LogP contribution in [0.4, 0.5) is 0 Å². The minimum atomic E-state index is 0.344. The predicted octanol–water partition coefficient (Wildman–Crippen LogP) is 2.23. The van der Waals surface area contributed by atoms with Crippen LogP contribution in [0.5, 0.6) is 0 Å². The summed E-state index contributed by atoms with van der Waals surface area (Å²) in [6.45, 7) is 9.77. The minimum absolute atomic E-state index is 0.344. The summed E-state index contributed by atoms with van der Waals surface area (Å²) >= 11 is 0. The Hall–Kier alpha value is -0.0800.